The average molecular weight is 1020 g/mol. The molecule has 17 nitrogen and oxygen atoms in total. The summed E-state index contributed by atoms with van der Waals surface area (Å²) in [7, 11) is 3.52. The maximum absolute atomic E-state index is 14.0. The fourth-order valence-corrected chi connectivity index (χ4v) is 8.90. The van der Waals surface area contributed by atoms with Gasteiger partial charge in [0, 0.05) is 107 Å². The number of ether oxygens (including phenoxy) is 4. The molecule has 6 rings (SSSR count). The minimum absolute atomic E-state index is 0. The van der Waals surface area contributed by atoms with Crippen molar-refractivity contribution in [1.82, 2.24) is 29.9 Å². The second-order valence-corrected chi connectivity index (χ2v) is 19.4. The standard InChI is InChI=1S/C56H76N8O9.CH4/c1-8-63(9-2)45-20-21-49(47(40-45)50-39-43(22-24-57-50)53(67)58-48-19-13-15-41-14-10-11-18-46(41)48)59-52(66)42-16-12-17-44(38-42)54(68)60(6)25-26-62-27-29-64(30-28-62)55(69)61(7)31-33-71-35-37-72-36-34-70-32-23-51(65)73-56(3,4)5;/h10-12,14,16-18,20-22,24,38-40,48H,8-9,13,15,19,23,25-37H2,1-7H3,(H,58,67)(H,59,66);1H4/t48-;/m0./s1. The Bertz CT molecular complexity index is 2470. The van der Waals surface area contributed by atoms with Gasteiger partial charge in [-0.25, -0.2) is 4.79 Å². The Balaban J connectivity index is 0.0000101. The lowest BCUT2D eigenvalue weighted by Crippen LogP contribution is -2.53. The second kappa shape index (κ2) is 28.9. The number of hydrogen-bond donors (Lipinski definition) is 2. The van der Waals surface area contributed by atoms with Crippen molar-refractivity contribution in [3.8, 4) is 11.3 Å². The summed E-state index contributed by atoms with van der Waals surface area (Å²) >= 11 is 0. The second-order valence-electron chi connectivity index (χ2n) is 19.4. The zero-order valence-corrected chi connectivity index (χ0v) is 44.0. The van der Waals surface area contributed by atoms with E-state index < -0.39 is 5.60 Å². The number of aromatic nitrogens is 1. The molecule has 0 bridgehead atoms. The van der Waals surface area contributed by atoms with Gasteiger partial charge < -0.3 is 49.2 Å². The highest BCUT2D eigenvalue weighted by molar-refractivity contribution is 6.08. The molecule has 1 saturated heterocycles. The average Bonchev–Trinajstić information content (AvgIpc) is 3.39. The SMILES string of the molecule is C.CCN(CC)c1ccc(NC(=O)c2cccc(C(=O)N(C)CCN3CCN(C(=O)N(C)CCOCCOCCOCCC(=O)OC(C)(C)C)CC3)c2)c(-c2cc(C(=O)N[C@H]3CCCc4ccccc43)ccn2)c1. The first-order chi connectivity index (χ1) is 35.1. The molecule has 2 heterocycles. The number of piperazine rings is 1. The molecule has 2 aliphatic rings. The number of esters is 1. The Morgan fingerprint density at radius 3 is 2.12 bits per heavy atom. The van der Waals surface area contributed by atoms with Gasteiger partial charge in [0.1, 0.15) is 5.60 Å². The number of hydrogen-bond acceptors (Lipinski definition) is 12. The molecule has 1 aliphatic carbocycles. The van der Waals surface area contributed by atoms with Crippen LogP contribution in [0.2, 0.25) is 0 Å². The summed E-state index contributed by atoms with van der Waals surface area (Å²) < 4.78 is 21.9. The molecule has 17 heteroatoms. The number of likely N-dealkylation sites (N-methyl/N-ethyl adjacent to an activating group) is 2. The Labute approximate surface area is 438 Å². The number of carbonyl (C=O) groups is 5. The fraction of sp³-hybridized carbons (Fsp3) is 0.509. The third kappa shape index (κ3) is 17.4. The maximum Gasteiger partial charge on any atom is 0.319 e. The van der Waals surface area contributed by atoms with Crippen LogP contribution >= 0.6 is 0 Å². The molecule has 402 valence electrons. The maximum atomic E-state index is 14.0. The highest BCUT2D eigenvalue weighted by atomic mass is 16.6. The summed E-state index contributed by atoms with van der Waals surface area (Å²) in [6, 6.07) is 24.2. The molecule has 0 unspecified atom stereocenters. The van der Waals surface area contributed by atoms with Crippen molar-refractivity contribution in [1.29, 1.82) is 0 Å². The zero-order valence-electron chi connectivity index (χ0n) is 44.0. The van der Waals surface area contributed by atoms with E-state index >= 15 is 0 Å². The molecule has 1 fully saturated rings. The number of pyridine rings is 1. The molecule has 0 radical (unpaired) electrons. The number of anilines is 2. The monoisotopic (exact) mass is 1020 g/mol. The van der Waals surface area contributed by atoms with Crippen LogP contribution < -0.4 is 15.5 Å². The molecule has 3 aromatic carbocycles. The van der Waals surface area contributed by atoms with Gasteiger partial charge in [0.25, 0.3) is 17.7 Å². The number of amides is 5. The van der Waals surface area contributed by atoms with E-state index in [4.69, 9.17) is 18.9 Å². The van der Waals surface area contributed by atoms with E-state index in [1.54, 1.807) is 66.5 Å². The van der Waals surface area contributed by atoms with E-state index in [9.17, 15) is 24.0 Å². The highest BCUT2D eigenvalue weighted by Crippen LogP contribution is 2.33. The lowest BCUT2D eigenvalue weighted by atomic mass is 9.87. The largest absolute Gasteiger partial charge is 0.460 e. The smallest absolute Gasteiger partial charge is 0.319 e. The first-order valence-corrected chi connectivity index (χ1v) is 25.7. The number of benzene rings is 3. The molecule has 74 heavy (non-hydrogen) atoms. The van der Waals surface area contributed by atoms with Crippen LogP contribution in [-0.4, -0.2) is 173 Å². The van der Waals surface area contributed by atoms with Gasteiger partial charge in [-0.3, -0.25) is 29.1 Å². The lowest BCUT2D eigenvalue weighted by Gasteiger charge is -2.37. The van der Waals surface area contributed by atoms with Crippen molar-refractivity contribution < 1.29 is 42.9 Å². The Morgan fingerprint density at radius 1 is 0.730 bits per heavy atom. The van der Waals surface area contributed by atoms with Gasteiger partial charge in [-0.05, 0) is 114 Å². The number of nitrogens with zero attached hydrogens (tertiary/aromatic N) is 6. The van der Waals surface area contributed by atoms with Crippen LogP contribution in [0.5, 0.6) is 0 Å². The van der Waals surface area contributed by atoms with Gasteiger partial charge in [0.15, 0.2) is 0 Å². The van der Waals surface area contributed by atoms with Gasteiger partial charge >= 0.3 is 12.0 Å². The van der Waals surface area contributed by atoms with Gasteiger partial charge in [-0.2, -0.15) is 0 Å². The van der Waals surface area contributed by atoms with Gasteiger partial charge in [0.05, 0.1) is 63.5 Å². The van der Waals surface area contributed by atoms with Crippen molar-refractivity contribution in [2.24, 2.45) is 0 Å². The molecule has 4 aromatic rings. The molecule has 1 aromatic heterocycles. The predicted octanol–water partition coefficient (Wildman–Crippen LogP) is 7.81. The van der Waals surface area contributed by atoms with Crippen molar-refractivity contribution in [2.75, 3.05) is 123 Å². The third-order valence-electron chi connectivity index (χ3n) is 13.0. The molecule has 0 saturated carbocycles. The molecule has 0 spiro atoms. The predicted molar refractivity (Wildman–Crippen MR) is 290 cm³/mol. The van der Waals surface area contributed by atoms with Gasteiger partial charge in [-0.15, -0.1) is 0 Å². The van der Waals surface area contributed by atoms with E-state index in [1.165, 1.54) is 5.56 Å². The van der Waals surface area contributed by atoms with E-state index in [0.717, 1.165) is 43.6 Å². The van der Waals surface area contributed by atoms with Crippen molar-refractivity contribution in [2.45, 2.75) is 79.4 Å². The van der Waals surface area contributed by atoms with Crippen molar-refractivity contribution >= 4 is 41.1 Å². The summed E-state index contributed by atoms with van der Waals surface area (Å²) in [5.41, 5.74) is 5.79. The minimum Gasteiger partial charge on any atom is -0.460 e. The van der Waals surface area contributed by atoms with Gasteiger partial charge in [-0.1, -0.05) is 37.8 Å². The molecule has 1 aliphatic heterocycles. The summed E-state index contributed by atoms with van der Waals surface area (Å²) in [5, 5.41) is 6.34. The zero-order chi connectivity index (χ0) is 52.3. The molecular weight excluding hydrogens is 941 g/mol. The Morgan fingerprint density at radius 2 is 1.41 bits per heavy atom. The topological polar surface area (TPSA) is 175 Å². The molecule has 5 amide bonds. The van der Waals surface area contributed by atoms with E-state index in [1.807, 2.05) is 56.0 Å². The third-order valence-corrected chi connectivity index (χ3v) is 13.0. The van der Waals surface area contributed by atoms with E-state index in [0.29, 0.717) is 112 Å². The number of rotatable bonds is 24. The first kappa shape index (κ1) is 58.5. The Hall–Kier alpha value is -6.40. The minimum atomic E-state index is -0.511. The summed E-state index contributed by atoms with van der Waals surface area (Å²) in [4.78, 5) is 80.7. The summed E-state index contributed by atoms with van der Waals surface area (Å²) in [6.45, 7) is 17.4. The fourth-order valence-electron chi connectivity index (χ4n) is 8.90. The van der Waals surface area contributed by atoms with E-state index in [-0.39, 0.29) is 56.2 Å². The van der Waals surface area contributed by atoms with Crippen LogP contribution in [0.25, 0.3) is 11.3 Å². The summed E-state index contributed by atoms with van der Waals surface area (Å²) in [5.74, 6) is -1.07. The van der Waals surface area contributed by atoms with E-state index in [2.05, 4.69) is 51.4 Å². The highest BCUT2D eigenvalue weighted by Gasteiger charge is 2.26. The number of nitrogens with one attached hydrogen (secondary N) is 2. The number of fused-ring (bicyclic) bond motifs is 1. The number of carbonyl (C=O) groups excluding carboxylic acids is 5. The van der Waals surface area contributed by atoms with Crippen LogP contribution in [0.3, 0.4) is 0 Å². The van der Waals surface area contributed by atoms with Crippen LogP contribution in [0.15, 0.2) is 85.1 Å². The van der Waals surface area contributed by atoms with Crippen molar-refractivity contribution in [3.05, 3.63) is 113 Å². The normalized spacial score (nSPS) is 14.5. The summed E-state index contributed by atoms with van der Waals surface area (Å²) in [6.07, 6.45) is 4.69. The van der Waals surface area contributed by atoms with Crippen LogP contribution in [0.1, 0.15) is 110 Å². The van der Waals surface area contributed by atoms with Crippen LogP contribution in [0.4, 0.5) is 16.2 Å². The quantitative estimate of drug-likeness (QED) is 0.0515. The molecule has 1 atom stereocenters. The Kier molecular flexibility index (Phi) is 22.8. The lowest BCUT2D eigenvalue weighted by molar-refractivity contribution is -0.156. The number of aryl methyl sites for hydroxylation is 1. The van der Waals surface area contributed by atoms with Gasteiger partial charge in [0.2, 0.25) is 0 Å². The molecular formula is C57H80N8O9. The number of urea groups is 1. The van der Waals surface area contributed by atoms with Crippen LogP contribution in [0, 0.1) is 0 Å². The van der Waals surface area contributed by atoms with Crippen molar-refractivity contribution in [3.63, 3.8) is 0 Å². The first-order valence-electron chi connectivity index (χ1n) is 25.7. The molecule has 2 N–H and O–H groups in total. The van der Waals surface area contributed by atoms with Crippen LogP contribution in [-0.2, 0) is 30.2 Å².